The van der Waals surface area contributed by atoms with Gasteiger partial charge in [-0.05, 0) is 0 Å². The molecule has 16 heavy (non-hydrogen) atoms. The van der Waals surface area contributed by atoms with Gasteiger partial charge in [0.25, 0.3) is 5.56 Å². The molecule has 1 rings (SSSR count). The number of carbonyl (C=O) groups excluding carboxylic acids is 1. The van der Waals surface area contributed by atoms with Crippen LogP contribution in [-0.2, 0) is 4.79 Å². The Bertz CT molecular complexity index is 425. The smallest absolute Gasteiger partial charge is 0.252 e. The van der Waals surface area contributed by atoms with Gasteiger partial charge in [-0.2, -0.15) is 0 Å². The zero-order valence-corrected chi connectivity index (χ0v) is 9.63. The molecule has 1 heterocycles. The predicted molar refractivity (Wildman–Crippen MR) is 61.5 cm³/mol. The van der Waals surface area contributed by atoms with Crippen LogP contribution in [0.3, 0.4) is 0 Å². The number of anilines is 1. The lowest BCUT2D eigenvalue weighted by molar-refractivity contribution is -0.118. The number of rotatable bonds is 4. The summed E-state index contributed by atoms with van der Waals surface area (Å²) in [4.78, 5) is 29.1. The first kappa shape index (κ1) is 12.2. The minimum atomic E-state index is -0.224. The zero-order valence-electron chi connectivity index (χ0n) is 9.63. The van der Waals surface area contributed by atoms with Crippen molar-refractivity contribution in [2.24, 2.45) is 0 Å². The van der Waals surface area contributed by atoms with Crippen molar-refractivity contribution in [3.63, 3.8) is 0 Å². The van der Waals surface area contributed by atoms with Gasteiger partial charge in [-0.25, -0.2) is 4.98 Å². The minimum Gasteiger partial charge on any atom is -0.361 e. The van der Waals surface area contributed by atoms with E-state index in [0.717, 1.165) is 0 Å². The van der Waals surface area contributed by atoms with E-state index < -0.39 is 0 Å². The highest BCUT2D eigenvalue weighted by molar-refractivity contribution is 5.79. The van der Waals surface area contributed by atoms with Crippen molar-refractivity contribution in [1.29, 1.82) is 0 Å². The lowest BCUT2D eigenvalue weighted by atomic mass is 10.2. The number of amides is 1. The summed E-state index contributed by atoms with van der Waals surface area (Å²) in [6.07, 6.45) is 0. The number of aromatic nitrogens is 2. The number of H-pyrrole nitrogens is 1. The van der Waals surface area contributed by atoms with E-state index in [-0.39, 0.29) is 23.9 Å². The van der Waals surface area contributed by atoms with Gasteiger partial charge in [-0.3, -0.25) is 9.59 Å². The molecule has 0 saturated carbocycles. The highest BCUT2D eigenvalue weighted by Crippen LogP contribution is 2.08. The normalized spacial score (nSPS) is 10.2. The Morgan fingerprint density at radius 1 is 1.56 bits per heavy atom. The summed E-state index contributed by atoms with van der Waals surface area (Å²) in [6.45, 7) is 3.96. The molecule has 1 aromatic rings. The number of hydrogen-bond acceptors (Lipinski definition) is 4. The largest absolute Gasteiger partial charge is 0.361 e. The van der Waals surface area contributed by atoms with Crippen LogP contribution in [0, 0.1) is 0 Å². The van der Waals surface area contributed by atoms with Gasteiger partial charge in [-0.1, -0.05) is 13.8 Å². The van der Waals surface area contributed by atoms with E-state index in [2.05, 4.69) is 20.6 Å². The monoisotopic (exact) mass is 224 g/mol. The first-order chi connectivity index (χ1) is 7.52. The van der Waals surface area contributed by atoms with Crippen LogP contribution in [0.2, 0.25) is 0 Å². The van der Waals surface area contributed by atoms with E-state index in [9.17, 15) is 9.59 Å². The summed E-state index contributed by atoms with van der Waals surface area (Å²) < 4.78 is 0. The van der Waals surface area contributed by atoms with Crippen LogP contribution in [0.15, 0.2) is 10.9 Å². The van der Waals surface area contributed by atoms with Crippen LogP contribution in [0.25, 0.3) is 0 Å². The molecular formula is C10H16N4O2. The Morgan fingerprint density at radius 3 is 2.81 bits per heavy atom. The van der Waals surface area contributed by atoms with Crippen LogP contribution >= 0.6 is 0 Å². The summed E-state index contributed by atoms with van der Waals surface area (Å²) in [7, 11) is 1.55. The maximum Gasteiger partial charge on any atom is 0.252 e. The molecular weight excluding hydrogens is 208 g/mol. The fraction of sp³-hybridized carbons (Fsp3) is 0.500. The van der Waals surface area contributed by atoms with Crippen molar-refractivity contribution >= 4 is 11.7 Å². The van der Waals surface area contributed by atoms with Crippen molar-refractivity contribution in [3.05, 3.63) is 22.2 Å². The van der Waals surface area contributed by atoms with Gasteiger partial charge < -0.3 is 15.6 Å². The van der Waals surface area contributed by atoms with E-state index in [4.69, 9.17) is 0 Å². The molecule has 1 amide bonds. The van der Waals surface area contributed by atoms with E-state index in [0.29, 0.717) is 11.6 Å². The molecule has 0 saturated heterocycles. The summed E-state index contributed by atoms with van der Waals surface area (Å²) in [5.74, 6) is 0.991. The van der Waals surface area contributed by atoms with Crippen LogP contribution in [-0.4, -0.2) is 29.5 Å². The highest BCUT2D eigenvalue weighted by atomic mass is 16.1. The molecule has 0 spiro atoms. The summed E-state index contributed by atoms with van der Waals surface area (Å²) in [5.41, 5.74) is -0.224. The summed E-state index contributed by atoms with van der Waals surface area (Å²) in [6, 6.07) is 1.33. The van der Waals surface area contributed by atoms with Crippen molar-refractivity contribution in [1.82, 2.24) is 15.3 Å². The Labute approximate surface area is 93.5 Å². The van der Waals surface area contributed by atoms with Gasteiger partial charge in [0.05, 0.1) is 6.54 Å². The molecule has 0 unspecified atom stereocenters. The van der Waals surface area contributed by atoms with Crippen molar-refractivity contribution in [2.45, 2.75) is 19.8 Å². The average molecular weight is 224 g/mol. The molecule has 0 bridgehead atoms. The Balaban J connectivity index is 2.80. The van der Waals surface area contributed by atoms with Crippen LogP contribution in [0.4, 0.5) is 5.82 Å². The lowest BCUT2D eigenvalue weighted by Gasteiger charge is -2.08. The fourth-order valence-corrected chi connectivity index (χ4v) is 1.10. The molecule has 0 aliphatic rings. The maximum atomic E-state index is 11.3. The number of nitrogens with zero attached hydrogens (tertiary/aromatic N) is 1. The number of carbonyl (C=O) groups is 1. The Morgan fingerprint density at radius 2 is 2.25 bits per heavy atom. The molecule has 0 atom stereocenters. The van der Waals surface area contributed by atoms with E-state index in [1.165, 1.54) is 6.07 Å². The Hall–Kier alpha value is -1.85. The second-order valence-electron chi connectivity index (χ2n) is 3.70. The van der Waals surface area contributed by atoms with Gasteiger partial charge in [0.15, 0.2) is 0 Å². The third kappa shape index (κ3) is 3.38. The van der Waals surface area contributed by atoms with Gasteiger partial charge in [0.2, 0.25) is 5.91 Å². The molecule has 6 heteroatoms. The van der Waals surface area contributed by atoms with Crippen molar-refractivity contribution in [2.75, 3.05) is 18.9 Å². The summed E-state index contributed by atoms with van der Waals surface area (Å²) >= 11 is 0. The second kappa shape index (κ2) is 5.29. The van der Waals surface area contributed by atoms with E-state index in [1.54, 1.807) is 7.05 Å². The van der Waals surface area contributed by atoms with Crippen LogP contribution in [0.1, 0.15) is 25.6 Å². The molecule has 0 aliphatic carbocycles. The topological polar surface area (TPSA) is 86.9 Å². The molecule has 0 aliphatic heterocycles. The molecule has 0 fully saturated rings. The van der Waals surface area contributed by atoms with Gasteiger partial charge in [0, 0.05) is 19.0 Å². The lowest BCUT2D eigenvalue weighted by Crippen LogP contribution is -2.27. The molecule has 0 radical (unpaired) electrons. The maximum absolute atomic E-state index is 11.3. The minimum absolute atomic E-state index is 0.102. The van der Waals surface area contributed by atoms with E-state index in [1.807, 2.05) is 13.8 Å². The molecule has 6 nitrogen and oxygen atoms in total. The van der Waals surface area contributed by atoms with Gasteiger partial charge >= 0.3 is 0 Å². The zero-order chi connectivity index (χ0) is 12.1. The first-order valence-corrected chi connectivity index (χ1v) is 5.08. The first-order valence-electron chi connectivity index (χ1n) is 5.08. The summed E-state index contributed by atoms with van der Waals surface area (Å²) in [5, 5.41) is 5.26. The van der Waals surface area contributed by atoms with Crippen molar-refractivity contribution in [3.8, 4) is 0 Å². The third-order valence-electron chi connectivity index (χ3n) is 2.02. The molecule has 88 valence electrons. The fourth-order valence-electron chi connectivity index (χ4n) is 1.10. The van der Waals surface area contributed by atoms with Gasteiger partial charge in [0.1, 0.15) is 11.6 Å². The van der Waals surface area contributed by atoms with Crippen molar-refractivity contribution < 1.29 is 4.79 Å². The third-order valence-corrected chi connectivity index (χ3v) is 2.02. The number of hydrogen-bond donors (Lipinski definition) is 3. The number of aromatic amines is 1. The van der Waals surface area contributed by atoms with Crippen LogP contribution < -0.4 is 16.2 Å². The molecule has 1 aromatic heterocycles. The SMILES string of the molecule is CNC(=O)CNc1cc(=O)[nH]c(C(C)C)n1. The standard InChI is InChI=1S/C10H16N4O2/c1-6(2)10-13-7(4-8(15)14-10)12-5-9(16)11-3/h4,6H,5H2,1-3H3,(H,11,16)(H2,12,13,14,15). The highest BCUT2D eigenvalue weighted by Gasteiger charge is 2.05. The Kier molecular flexibility index (Phi) is 4.04. The number of likely N-dealkylation sites (N-methyl/N-ethyl adjacent to an activating group) is 1. The van der Waals surface area contributed by atoms with Crippen LogP contribution in [0.5, 0.6) is 0 Å². The second-order valence-corrected chi connectivity index (χ2v) is 3.70. The average Bonchev–Trinajstić information content (AvgIpc) is 2.25. The van der Waals surface area contributed by atoms with E-state index >= 15 is 0 Å². The number of nitrogens with one attached hydrogen (secondary N) is 3. The van der Waals surface area contributed by atoms with Gasteiger partial charge in [-0.15, -0.1) is 0 Å². The molecule has 0 aromatic carbocycles. The quantitative estimate of drug-likeness (QED) is 0.674. The molecule has 3 N–H and O–H groups in total. The predicted octanol–water partition coefficient (Wildman–Crippen LogP) is 0.0512.